The molecule has 3 N–H and O–H groups in total. The van der Waals surface area contributed by atoms with Crippen molar-refractivity contribution in [2.45, 2.75) is 26.0 Å². The van der Waals surface area contributed by atoms with Gasteiger partial charge in [0, 0.05) is 22.3 Å². The molecule has 0 saturated heterocycles. The van der Waals surface area contributed by atoms with Crippen molar-refractivity contribution < 1.29 is 5.11 Å². The molecule has 0 spiro atoms. The molecule has 1 aromatic heterocycles. The monoisotopic (exact) mass is 266 g/mol. The van der Waals surface area contributed by atoms with Gasteiger partial charge in [0.2, 0.25) is 0 Å². The fourth-order valence-electron chi connectivity index (χ4n) is 1.79. The van der Waals surface area contributed by atoms with Crippen molar-refractivity contribution in [3.63, 3.8) is 0 Å². The summed E-state index contributed by atoms with van der Waals surface area (Å²) in [5.74, 6) is 0.471. The molecule has 2 aromatic rings. The van der Waals surface area contributed by atoms with E-state index in [0.29, 0.717) is 22.1 Å². The van der Waals surface area contributed by atoms with Crippen LogP contribution in [-0.2, 0) is 0 Å². The largest absolute Gasteiger partial charge is 0.398 e. The SMILES string of the molecule is CC(C)n1ncnc1C(O)c1ccc(Cl)cc1N. The number of aliphatic hydroxyl groups excluding tert-OH is 1. The second-order valence-corrected chi connectivity index (χ2v) is 4.77. The molecule has 6 heteroatoms. The van der Waals surface area contributed by atoms with E-state index in [1.165, 1.54) is 6.33 Å². The first-order valence-electron chi connectivity index (χ1n) is 5.63. The molecular formula is C12H15ClN4O. The van der Waals surface area contributed by atoms with Gasteiger partial charge in [-0.15, -0.1) is 0 Å². The van der Waals surface area contributed by atoms with Crippen molar-refractivity contribution in [3.05, 3.63) is 40.9 Å². The van der Waals surface area contributed by atoms with Gasteiger partial charge in [-0.1, -0.05) is 17.7 Å². The topological polar surface area (TPSA) is 77.0 Å². The zero-order valence-electron chi connectivity index (χ0n) is 10.2. The summed E-state index contributed by atoms with van der Waals surface area (Å²) < 4.78 is 1.67. The highest BCUT2D eigenvalue weighted by Gasteiger charge is 2.20. The lowest BCUT2D eigenvalue weighted by molar-refractivity contribution is 0.200. The number of hydrogen-bond acceptors (Lipinski definition) is 4. The second-order valence-electron chi connectivity index (χ2n) is 4.33. The molecule has 0 aliphatic carbocycles. The number of aromatic nitrogens is 3. The van der Waals surface area contributed by atoms with Gasteiger partial charge in [-0.05, 0) is 26.0 Å². The Morgan fingerprint density at radius 1 is 1.39 bits per heavy atom. The summed E-state index contributed by atoms with van der Waals surface area (Å²) in [6, 6.07) is 5.11. The quantitative estimate of drug-likeness (QED) is 0.835. The molecule has 0 aliphatic rings. The highest BCUT2D eigenvalue weighted by molar-refractivity contribution is 6.30. The number of nitrogen functional groups attached to an aromatic ring is 1. The second kappa shape index (κ2) is 4.96. The third kappa shape index (κ3) is 2.32. The molecular weight excluding hydrogens is 252 g/mol. The first kappa shape index (κ1) is 12.9. The lowest BCUT2D eigenvalue weighted by Gasteiger charge is -2.16. The summed E-state index contributed by atoms with van der Waals surface area (Å²) >= 11 is 5.83. The Bertz CT molecular complexity index is 553. The predicted molar refractivity (Wildman–Crippen MR) is 70.3 cm³/mol. The Labute approximate surface area is 110 Å². The Morgan fingerprint density at radius 2 is 2.11 bits per heavy atom. The minimum atomic E-state index is -0.910. The van der Waals surface area contributed by atoms with E-state index in [0.717, 1.165) is 0 Å². The third-order valence-corrected chi connectivity index (χ3v) is 2.91. The number of nitrogens with zero attached hydrogens (tertiary/aromatic N) is 3. The highest BCUT2D eigenvalue weighted by atomic mass is 35.5. The van der Waals surface area contributed by atoms with Gasteiger partial charge in [-0.3, -0.25) is 0 Å². The maximum absolute atomic E-state index is 10.3. The summed E-state index contributed by atoms with van der Waals surface area (Å²) in [5, 5.41) is 15.0. The summed E-state index contributed by atoms with van der Waals surface area (Å²) in [6.07, 6.45) is 0.511. The fraction of sp³-hybridized carbons (Fsp3) is 0.333. The van der Waals surface area contributed by atoms with Crippen molar-refractivity contribution >= 4 is 17.3 Å². The summed E-state index contributed by atoms with van der Waals surface area (Å²) in [4.78, 5) is 4.09. The number of aliphatic hydroxyl groups is 1. The van der Waals surface area contributed by atoms with Crippen LogP contribution >= 0.6 is 11.6 Å². The summed E-state index contributed by atoms with van der Waals surface area (Å²) in [7, 11) is 0. The first-order chi connectivity index (χ1) is 8.50. The average Bonchev–Trinajstić information content (AvgIpc) is 2.77. The number of rotatable bonds is 3. The Kier molecular flexibility index (Phi) is 3.54. The van der Waals surface area contributed by atoms with Crippen LogP contribution in [0.2, 0.25) is 5.02 Å². The molecule has 0 aliphatic heterocycles. The van der Waals surface area contributed by atoms with Crippen LogP contribution in [0.15, 0.2) is 24.5 Å². The van der Waals surface area contributed by atoms with Gasteiger partial charge in [-0.25, -0.2) is 9.67 Å². The van der Waals surface area contributed by atoms with Gasteiger partial charge in [0.1, 0.15) is 12.4 Å². The van der Waals surface area contributed by atoms with E-state index in [4.69, 9.17) is 17.3 Å². The summed E-state index contributed by atoms with van der Waals surface area (Å²) in [6.45, 7) is 3.94. The first-order valence-corrected chi connectivity index (χ1v) is 6.01. The van der Waals surface area contributed by atoms with E-state index in [9.17, 15) is 5.11 Å². The number of benzene rings is 1. The van der Waals surface area contributed by atoms with Gasteiger partial charge < -0.3 is 10.8 Å². The van der Waals surface area contributed by atoms with E-state index >= 15 is 0 Å². The van der Waals surface area contributed by atoms with Crippen molar-refractivity contribution in [1.82, 2.24) is 14.8 Å². The molecule has 1 aromatic carbocycles. The van der Waals surface area contributed by atoms with Crippen LogP contribution < -0.4 is 5.73 Å². The molecule has 0 amide bonds. The van der Waals surface area contributed by atoms with Gasteiger partial charge in [-0.2, -0.15) is 5.10 Å². The van der Waals surface area contributed by atoms with E-state index < -0.39 is 6.10 Å². The van der Waals surface area contributed by atoms with Crippen LogP contribution in [0.1, 0.15) is 37.4 Å². The van der Waals surface area contributed by atoms with Crippen LogP contribution in [0.3, 0.4) is 0 Å². The molecule has 0 fully saturated rings. The van der Waals surface area contributed by atoms with Gasteiger partial charge in [0.05, 0.1) is 0 Å². The molecule has 2 rings (SSSR count). The average molecular weight is 267 g/mol. The normalized spacial score (nSPS) is 12.9. The van der Waals surface area contributed by atoms with Crippen LogP contribution in [0.4, 0.5) is 5.69 Å². The molecule has 1 heterocycles. The molecule has 96 valence electrons. The molecule has 5 nitrogen and oxygen atoms in total. The van der Waals surface area contributed by atoms with Gasteiger partial charge >= 0.3 is 0 Å². The smallest absolute Gasteiger partial charge is 0.160 e. The van der Waals surface area contributed by atoms with Gasteiger partial charge in [0.15, 0.2) is 5.82 Å². The predicted octanol–water partition coefficient (Wildman–Crippen LogP) is 2.18. The number of halogens is 1. The van der Waals surface area contributed by atoms with Crippen molar-refractivity contribution in [3.8, 4) is 0 Å². The molecule has 0 saturated carbocycles. The van der Waals surface area contributed by atoms with Crippen molar-refractivity contribution in [1.29, 1.82) is 0 Å². The Hall–Kier alpha value is -1.59. The fourth-order valence-corrected chi connectivity index (χ4v) is 1.97. The Morgan fingerprint density at radius 3 is 2.72 bits per heavy atom. The maximum atomic E-state index is 10.3. The van der Waals surface area contributed by atoms with Crippen LogP contribution in [0, 0.1) is 0 Å². The van der Waals surface area contributed by atoms with E-state index in [1.807, 2.05) is 13.8 Å². The van der Waals surface area contributed by atoms with Crippen LogP contribution in [0.25, 0.3) is 0 Å². The van der Waals surface area contributed by atoms with Gasteiger partial charge in [0.25, 0.3) is 0 Å². The minimum absolute atomic E-state index is 0.116. The number of hydrogen-bond donors (Lipinski definition) is 2. The van der Waals surface area contributed by atoms with Crippen molar-refractivity contribution in [2.75, 3.05) is 5.73 Å². The van der Waals surface area contributed by atoms with E-state index in [2.05, 4.69) is 10.1 Å². The van der Waals surface area contributed by atoms with Crippen molar-refractivity contribution in [2.24, 2.45) is 0 Å². The zero-order chi connectivity index (χ0) is 13.3. The lowest BCUT2D eigenvalue weighted by Crippen LogP contribution is -2.14. The van der Waals surface area contributed by atoms with Crippen LogP contribution in [-0.4, -0.2) is 19.9 Å². The zero-order valence-corrected chi connectivity index (χ0v) is 11.0. The number of nitrogens with two attached hydrogens (primary N) is 1. The highest BCUT2D eigenvalue weighted by Crippen LogP contribution is 2.28. The lowest BCUT2D eigenvalue weighted by atomic mass is 10.1. The molecule has 1 unspecified atom stereocenters. The summed E-state index contributed by atoms with van der Waals surface area (Å²) in [5.41, 5.74) is 6.87. The maximum Gasteiger partial charge on any atom is 0.160 e. The van der Waals surface area contributed by atoms with Crippen LogP contribution in [0.5, 0.6) is 0 Å². The van der Waals surface area contributed by atoms with E-state index in [1.54, 1.807) is 22.9 Å². The number of anilines is 1. The Balaban J connectivity index is 2.41. The molecule has 18 heavy (non-hydrogen) atoms. The molecule has 0 bridgehead atoms. The minimum Gasteiger partial charge on any atom is -0.398 e. The molecule has 1 atom stereocenters. The molecule has 0 radical (unpaired) electrons. The van der Waals surface area contributed by atoms with E-state index in [-0.39, 0.29) is 6.04 Å². The third-order valence-electron chi connectivity index (χ3n) is 2.68. The standard InChI is InChI=1S/C12H15ClN4O/c1-7(2)17-12(15-6-16-17)11(18)9-4-3-8(13)5-10(9)14/h3-7,11,18H,14H2,1-2H3.